The molecule has 13 heteroatoms. The first kappa shape index (κ1) is 31.1. The van der Waals surface area contributed by atoms with Gasteiger partial charge in [-0.2, -0.15) is 9.97 Å². The summed E-state index contributed by atoms with van der Waals surface area (Å²) in [6.07, 6.45) is 10.7. The van der Waals surface area contributed by atoms with Crippen molar-refractivity contribution in [2.75, 3.05) is 44.2 Å². The zero-order valence-electron chi connectivity index (χ0n) is 26.9. The van der Waals surface area contributed by atoms with Crippen LogP contribution in [0.25, 0.3) is 22.3 Å². The first-order chi connectivity index (χ1) is 23.7. The van der Waals surface area contributed by atoms with Crippen LogP contribution in [0.1, 0.15) is 61.8 Å². The van der Waals surface area contributed by atoms with Gasteiger partial charge in [0.2, 0.25) is 0 Å². The number of hydrogen-bond donors (Lipinski definition) is 2. The molecule has 1 saturated carbocycles. The Morgan fingerprint density at radius 1 is 1.12 bits per heavy atom. The molecule has 3 aromatic rings. The zero-order chi connectivity index (χ0) is 33.6. The quantitative estimate of drug-likeness (QED) is 0.339. The lowest BCUT2D eigenvalue weighted by molar-refractivity contribution is 0.107. The van der Waals surface area contributed by atoms with Gasteiger partial charge in [0.25, 0.3) is 0 Å². The fraction of sp³-hybridized carbons (Fsp3) is 0.500. The number of piperazine rings is 1. The van der Waals surface area contributed by atoms with Crippen LogP contribution in [0.15, 0.2) is 29.2 Å². The minimum absolute atomic E-state index is 0.0681. The number of phenolic OH excluding ortho intramolecular Hbond substituents is 1. The first-order valence-electron chi connectivity index (χ1n) is 17.2. The van der Waals surface area contributed by atoms with Gasteiger partial charge in [0.15, 0.2) is 22.6 Å². The number of ether oxygens (including phenoxy) is 1. The van der Waals surface area contributed by atoms with Gasteiger partial charge in [-0.3, -0.25) is 9.21 Å². The highest BCUT2D eigenvalue weighted by Gasteiger charge is 2.50. The van der Waals surface area contributed by atoms with Crippen molar-refractivity contribution in [1.29, 1.82) is 0 Å². The molecule has 3 unspecified atom stereocenters. The van der Waals surface area contributed by atoms with Crippen molar-refractivity contribution in [2.24, 2.45) is 5.92 Å². The summed E-state index contributed by atoms with van der Waals surface area (Å²) >= 11 is 0. The number of rotatable bonds is 7. The summed E-state index contributed by atoms with van der Waals surface area (Å²) in [6, 6.07) is 5.84. The van der Waals surface area contributed by atoms with E-state index in [-0.39, 0.29) is 75.7 Å². The van der Waals surface area contributed by atoms with Crippen LogP contribution in [0.4, 0.5) is 19.0 Å². The Kier molecular flexibility index (Phi) is 7.38. The molecule has 5 atom stereocenters. The average molecular weight is 691 g/mol. The van der Waals surface area contributed by atoms with Crippen molar-refractivity contribution in [3.05, 3.63) is 46.9 Å². The third kappa shape index (κ3) is 5.17. The number of fused-ring (bicyclic) bond motifs is 5. The molecular weight excluding hydrogens is 653 g/mol. The highest BCUT2D eigenvalue weighted by molar-refractivity contribution is 7.83. The maximum atomic E-state index is 17.6. The number of anilines is 1. The van der Waals surface area contributed by atoms with E-state index in [0.29, 0.717) is 37.3 Å². The van der Waals surface area contributed by atoms with E-state index in [1.165, 1.54) is 28.6 Å². The Morgan fingerprint density at radius 2 is 1.92 bits per heavy atom. The number of nitrogens with one attached hydrogen (secondary N) is 1. The van der Waals surface area contributed by atoms with E-state index in [1.54, 1.807) is 0 Å². The number of phenols is 1. The molecule has 49 heavy (non-hydrogen) atoms. The van der Waals surface area contributed by atoms with Crippen molar-refractivity contribution in [3.63, 3.8) is 0 Å². The number of aromatic nitrogens is 2. The third-order valence-corrected chi connectivity index (χ3v) is 12.6. The Morgan fingerprint density at radius 3 is 2.67 bits per heavy atom. The molecule has 6 aliphatic rings. The van der Waals surface area contributed by atoms with Gasteiger partial charge in [0, 0.05) is 55.6 Å². The summed E-state index contributed by atoms with van der Waals surface area (Å²) < 4.78 is 70.0. The van der Waals surface area contributed by atoms with Crippen molar-refractivity contribution in [3.8, 4) is 24.1 Å². The lowest BCUT2D eigenvalue weighted by atomic mass is 9.95. The molecule has 5 aliphatic heterocycles. The maximum absolute atomic E-state index is 17.6. The lowest BCUT2D eigenvalue weighted by Gasteiger charge is -2.37. The molecule has 2 aromatic carbocycles. The van der Waals surface area contributed by atoms with Gasteiger partial charge in [-0.25, -0.2) is 17.4 Å². The summed E-state index contributed by atoms with van der Waals surface area (Å²) in [4.78, 5) is 13.8. The predicted molar refractivity (Wildman–Crippen MR) is 180 cm³/mol. The van der Waals surface area contributed by atoms with Crippen molar-refractivity contribution < 1.29 is 27.2 Å². The van der Waals surface area contributed by atoms with Gasteiger partial charge in [-0.05, 0) is 74.6 Å². The molecule has 1 aromatic heterocycles. The second kappa shape index (κ2) is 11.6. The summed E-state index contributed by atoms with van der Waals surface area (Å²) in [5, 5.41) is 15.1. The Hall–Kier alpha value is -3.86. The van der Waals surface area contributed by atoms with Crippen LogP contribution < -0.4 is 15.0 Å². The molecular formula is C36H37F3N6O3S. The fourth-order valence-electron chi connectivity index (χ4n) is 8.74. The third-order valence-electron chi connectivity index (χ3n) is 11.2. The van der Waals surface area contributed by atoms with E-state index >= 15 is 8.78 Å². The number of hydrogen-bond acceptors (Lipinski definition) is 8. The first-order valence-corrected chi connectivity index (χ1v) is 18.3. The molecule has 9 nitrogen and oxygen atoms in total. The molecule has 6 heterocycles. The minimum Gasteiger partial charge on any atom is -0.508 e. The monoisotopic (exact) mass is 690 g/mol. The van der Waals surface area contributed by atoms with Crippen LogP contribution in [-0.2, 0) is 11.0 Å². The van der Waals surface area contributed by atoms with Gasteiger partial charge >= 0.3 is 6.01 Å². The van der Waals surface area contributed by atoms with E-state index in [0.717, 1.165) is 45.1 Å². The predicted octanol–water partition coefficient (Wildman–Crippen LogP) is 4.90. The second-order valence-electron chi connectivity index (χ2n) is 14.5. The summed E-state index contributed by atoms with van der Waals surface area (Å²) in [7, 11) is -1.98. The molecule has 5 fully saturated rings. The van der Waals surface area contributed by atoms with E-state index in [4.69, 9.17) is 16.1 Å². The number of aromatic hydroxyl groups is 1. The molecule has 2 bridgehead atoms. The minimum atomic E-state index is -1.98. The van der Waals surface area contributed by atoms with E-state index in [1.807, 2.05) is 0 Å². The van der Waals surface area contributed by atoms with Crippen LogP contribution in [-0.4, -0.2) is 91.6 Å². The molecule has 0 amide bonds. The topological polar surface area (TPSA) is 94.1 Å². The normalized spacial score (nSPS) is 29.4. The van der Waals surface area contributed by atoms with Crippen LogP contribution in [0.3, 0.4) is 0 Å². The van der Waals surface area contributed by atoms with Gasteiger partial charge < -0.3 is 20.1 Å². The Labute approximate surface area is 285 Å². The number of benzene rings is 2. The SMILES string of the molecule is C#Cc1c(F)ccc2cc(O)cc(C3=C(F)c4nc(OC[C@@]56CCCN5C[C@H](F)C6)nc(N5CC6CCC(C5)N6)c4S(=O)N3CC3CC3)c12. The van der Waals surface area contributed by atoms with Crippen LogP contribution in [0.2, 0.25) is 0 Å². The largest absolute Gasteiger partial charge is 0.508 e. The van der Waals surface area contributed by atoms with Crippen LogP contribution >= 0.6 is 0 Å². The number of halogens is 3. The van der Waals surface area contributed by atoms with Gasteiger partial charge in [0.05, 0.1) is 16.8 Å². The summed E-state index contributed by atoms with van der Waals surface area (Å²) in [5.74, 6) is 1.33. The smallest absolute Gasteiger partial charge is 0.319 e. The number of nitrogens with zero attached hydrogens (tertiary/aromatic N) is 5. The highest BCUT2D eigenvalue weighted by atomic mass is 32.2. The molecule has 4 saturated heterocycles. The average Bonchev–Trinajstić information content (AvgIpc) is 3.62. The lowest BCUT2D eigenvalue weighted by Crippen LogP contribution is -2.52. The molecule has 0 spiro atoms. The van der Waals surface area contributed by atoms with Crippen LogP contribution in [0.5, 0.6) is 11.8 Å². The van der Waals surface area contributed by atoms with Crippen molar-refractivity contribution in [2.45, 2.75) is 73.6 Å². The molecule has 1 aliphatic carbocycles. The van der Waals surface area contributed by atoms with Crippen molar-refractivity contribution >= 4 is 39.1 Å². The van der Waals surface area contributed by atoms with Gasteiger partial charge in [0.1, 0.15) is 34.9 Å². The Balaban J connectivity index is 1.23. The molecule has 0 radical (unpaired) electrons. The zero-order valence-corrected chi connectivity index (χ0v) is 27.7. The van der Waals surface area contributed by atoms with E-state index in [2.05, 4.69) is 26.0 Å². The van der Waals surface area contributed by atoms with Gasteiger partial charge in [-0.15, -0.1) is 6.42 Å². The molecule has 2 N–H and O–H groups in total. The summed E-state index contributed by atoms with van der Waals surface area (Å²) in [6.45, 7) is 2.77. The molecule has 9 rings (SSSR count). The number of terminal acetylenes is 1. The summed E-state index contributed by atoms with van der Waals surface area (Å²) in [5.41, 5.74) is -0.678. The van der Waals surface area contributed by atoms with Crippen molar-refractivity contribution in [1.82, 2.24) is 24.5 Å². The Bertz CT molecular complexity index is 1970. The van der Waals surface area contributed by atoms with E-state index < -0.39 is 34.3 Å². The molecule has 256 valence electrons. The highest BCUT2D eigenvalue weighted by Crippen LogP contribution is 2.48. The second-order valence-corrected chi connectivity index (χ2v) is 15.8. The van der Waals surface area contributed by atoms with E-state index in [9.17, 15) is 13.7 Å². The van der Waals surface area contributed by atoms with Crippen LogP contribution in [0, 0.1) is 24.1 Å². The number of alkyl halides is 1. The fourth-order valence-corrected chi connectivity index (χ4v) is 10.3. The van der Waals surface area contributed by atoms with Gasteiger partial charge in [-0.1, -0.05) is 12.0 Å². The maximum Gasteiger partial charge on any atom is 0.319 e. The standard InChI is InChI=1S/C36H37F3N6O3S/c1-2-26-28(38)9-6-21-12-25(46)13-27(29(21)26)32-30(39)31-33(49(47)45(32)15-20-4-5-20)34(43-17-23-7-8-24(18-43)40-23)42-35(41-31)48-19-36-10-3-11-44(36)16-22(37)14-36/h1,6,9,12-13,20,22-24,40,46H,3-5,7-8,10-11,14-19H2/t22-,23?,24?,36+,49?/m1/s1.